The first kappa shape index (κ1) is 19.9. The van der Waals surface area contributed by atoms with Crippen LogP contribution in [-0.4, -0.2) is 11.8 Å². The minimum absolute atomic E-state index is 0.332. The monoisotopic (exact) mass is 405 g/mol. The van der Waals surface area contributed by atoms with E-state index in [1.807, 2.05) is 6.07 Å². The Morgan fingerprint density at radius 2 is 1.34 bits per heavy atom. The van der Waals surface area contributed by atoms with E-state index >= 15 is 0 Å². The topological polar surface area (TPSA) is 91.2 Å². The Hall–Kier alpha value is -3.82. The molecule has 0 atom stereocenters. The van der Waals surface area contributed by atoms with Gasteiger partial charge in [-0.25, -0.2) is 0 Å². The van der Waals surface area contributed by atoms with Gasteiger partial charge in [-0.15, -0.1) is 0 Å². The highest BCUT2D eigenvalue weighted by Gasteiger charge is 2.09. The van der Waals surface area contributed by atoms with Crippen LogP contribution in [0.1, 0.15) is 31.8 Å². The summed E-state index contributed by atoms with van der Waals surface area (Å²) in [5.41, 5.74) is 6.76. The average molecular weight is 406 g/mol. The van der Waals surface area contributed by atoms with Gasteiger partial charge in [0.1, 0.15) is 12.4 Å². The van der Waals surface area contributed by atoms with E-state index in [1.165, 1.54) is 24.3 Å². The van der Waals surface area contributed by atoms with Crippen LogP contribution in [-0.2, 0) is 6.61 Å². The second-order valence-corrected chi connectivity index (χ2v) is 6.47. The van der Waals surface area contributed by atoms with Crippen molar-refractivity contribution in [3.63, 3.8) is 0 Å². The summed E-state index contributed by atoms with van der Waals surface area (Å²) in [7, 11) is 0. The van der Waals surface area contributed by atoms with Crippen molar-refractivity contribution in [3.05, 3.63) is 100 Å². The number of rotatable bonds is 5. The van der Waals surface area contributed by atoms with Gasteiger partial charge in [-0.3, -0.25) is 20.4 Å². The first-order valence-corrected chi connectivity index (χ1v) is 9.01. The van der Waals surface area contributed by atoms with Gasteiger partial charge in [-0.05, 0) is 66.2 Å². The van der Waals surface area contributed by atoms with Crippen molar-refractivity contribution in [1.29, 1.82) is 5.26 Å². The Bertz CT molecular complexity index is 1040. The zero-order valence-corrected chi connectivity index (χ0v) is 15.9. The van der Waals surface area contributed by atoms with Crippen molar-refractivity contribution < 1.29 is 14.3 Å². The van der Waals surface area contributed by atoms with Crippen LogP contribution in [0.2, 0.25) is 5.02 Å². The summed E-state index contributed by atoms with van der Waals surface area (Å²) >= 11 is 5.84. The maximum Gasteiger partial charge on any atom is 0.269 e. The summed E-state index contributed by atoms with van der Waals surface area (Å²) in [6, 6.07) is 21.9. The molecule has 3 rings (SSSR count). The van der Waals surface area contributed by atoms with E-state index in [4.69, 9.17) is 21.6 Å². The molecule has 0 spiro atoms. The van der Waals surface area contributed by atoms with E-state index < -0.39 is 11.8 Å². The molecule has 2 amide bonds. The Morgan fingerprint density at radius 1 is 0.828 bits per heavy atom. The summed E-state index contributed by atoms with van der Waals surface area (Å²) in [4.78, 5) is 24.2. The van der Waals surface area contributed by atoms with Crippen LogP contribution in [0, 0.1) is 11.3 Å². The fourth-order valence-corrected chi connectivity index (χ4v) is 2.53. The average Bonchev–Trinajstić information content (AvgIpc) is 2.77. The minimum atomic E-state index is -0.476. The van der Waals surface area contributed by atoms with Crippen LogP contribution in [0.3, 0.4) is 0 Å². The Balaban J connectivity index is 1.51. The molecule has 0 heterocycles. The summed E-state index contributed by atoms with van der Waals surface area (Å²) in [5.74, 6) is -0.227. The summed E-state index contributed by atoms with van der Waals surface area (Å²) in [5, 5.41) is 9.41. The molecule has 0 aliphatic heterocycles. The maximum atomic E-state index is 12.2. The molecule has 0 fully saturated rings. The van der Waals surface area contributed by atoms with Gasteiger partial charge in [0.05, 0.1) is 11.6 Å². The number of carbonyl (C=O) groups is 2. The molecule has 0 saturated heterocycles. The molecule has 3 aromatic rings. The molecule has 0 aliphatic rings. The summed E-state index contributed by atoms with van der Waals surface area (Å²) in [6.07, 6.45) is 0. The predicted octanol–water partition coefficient (Wildman–Crippen LogP) is 3.87. The molecule has 29 heavy (non-hydrogen) atoms. The first-order chi connectivity index (χ1) is 14.0. The van der Waals surface area contributed by atoms with E-state index in [0.717, 1.165) is 5.56 Å². The van der Waals surface area contributed by atoms with E-state index in [2.05, 4.69) is 10.9 Å². The highest BCUT2D eigenvalue weighted by atomic mass is 35.5. The quantitative estimate of drug-likeness (QED) is 0.630. The number of ether oxygens (including phenoxy) is 1. The number of hydrogen-bond acceptors (Lipinski definition) is 4. The highest BCUT2D eigenvalue weighted by Crippen LogP contribution is 2.17. The number of halogens is 1. The molecular weight excluding hydrogens is 390 g/mol. The molecule has 0 saturated carbocycles. The smallest absolute Gasteiger partial charge is 0.269 e. The second-order valence-electron chi connectivity index (χ2n) is 6.04. The Kier molecular flexibility index (Phi) is 6.46. The van der Waals surface area contributed by atoms with E-state index in [1.54, 1.807) is 48.5 Å². The molecular formula is C22H16ClN3O3. The lowest BCUT2D eigenvalue weighted by Crippen LogP contribution is -2.41. The van der Waals surface area contributed by atoms with Gasteiger partial charge in [0.15, 0.2) is 0 Å². The Morgan fingerprint density at radius 3 is 1.86 bits per heavy atom. The van der Waals surface area contributed by atoms with Crippen LogP contribution in [0.25, 0.3) is 0 Å². The molecule has 3 aromatic carbocycles. The van der Waals surface area contributed by atoms with Crippen molar-refractivity contribution in [2.45, 2.75) is 6.61 Å². The van der Waals surface area contributed by atoms with Crippen LogP contribution in [0.4, 0.5) is 0 Å². The Labute approximate surface area is 172 Å². The van der Waals surface area contributed by atoms with Gasteiger partial charge in [0.25, 0.3) is 11.8 Å². The van der Waals surface area contributed by atoms with Crippen molar-refractivity contribution in [2.75, 3.05) is 0 Å². The van der Waals surface area contributed by atoms with Crippen LogP contribution in [0.15, 0.2) is 72.8 Å². The summed E-state index contributed by atoms with van der Waals surface area (Å²) < 4.78 is 5.66. The van der Waals surface area contributed by atoms with Gasteiger partial charge >= 0.3 is 0 Å². The number of carbonyl (C=O) groups excluding carboxylic acids is 2. The number of hydrazine groups is 1. The SMILES string of the molecule is N#Cc1ccc(C(=O)NNC(=O)c2ccc(COc3ccc(Cl)cc3)cc2)cc1. The molecule has 0 unspecified atom stereocenters. The van der Waals surface area contributed by atoms with Crippen molar-refractivity contribution in [2.24, 2.45) is 0 Å². The molecule has 144 valence electrons. The van der Waals surface area contributed by atoms with Gasteiger partial charge in [-0.2, -0.15) is 5.26 Å². The molecule has 6 nitrogen and oxygen atoms in total. The third kappa shape index (κ3) is 5.58. The molecule has 7 heteroatoms. The van der Waals surface area contributed by atoms with Crippen molar-refractivity contribution >= 4 is 23.4 Å². The van der Waals surface area contributed by atoms with Gasteiger partial charge in [0, 0.05) is 16.1 Å². The number of nitrogens with zero attached hydrogens (tertiary/aromatic N) is 1. The number of hydrogen-bond donors (Lipinski definition) is 2. The van der Waals surface area contributed by atoms with E-state index in [0.29, 0.717) is 34.1 Å². The van der Waals surface area contributed by atoms with Gasteiger partial charge in [-0.1, -0.05) is 23.7 Å². The van der Waals surface area contributed by atoms with E-state index in [-0.39, 0.29) is 0 Å². The third-order valence-electron chi connectivity index (χ3n) is 4.00. The predicted molar refractivity (Wildman–Crippen MR) is 108 cm³/mol. The lowest BCUT2D eigenvalue weighted by Gasteiger charge is -2.09. The van der Waals surface area contributed by atoms with Crippen LogP contribution in [0.5, 0.6) is 5.75 Å². The standard InChI is InChI=1S/C22H16ClN3O3/c23-19-9-11-20(12-10-19)29-14-16-3-7-18(8-4-16)22(28)26-25-21(27)17-5-1-15(13-24)2-6-17/h1-12H,14H2,(H,25,27)(H,26,28). The fourth-order valence-electron chi connectivity index (χ4n) is 2.40. The maximum absolute atomic E-state index is 12.2. The molecule has 0 aliphatic carbocycles. The van der Waals surface area contributed by atoms with E-state index in [9.17, 15) is 9.59 Å². The lowest BCUT2D eigenvalue weighted by atomic mass is 10.1. The summed E-state index contributed by atoms with van der Waals surface area (Å²) in [6.45, 7) is 0.346. The van der Waals surface area contributed by atoms with Crippen LogP contribution < -0.4 is 15.6 Å². The van der Waals surface area contributed by atoms with Gasteiger partial charge in [0.2, 0.25) is 0 Å². The minimum Gasteiger partial charge on any atom is -0.489 e. The lowest BCUT2D eigenvalue weighted by molar-refractivity contribution is 0.0846. The number of nitriles is 1. The van der Waals surface area contributed by atoms with Gasteiger partial charge < -0.3 is 4.74 Å². The second kappa shape index (κ2) is 9.40. The zero-order valence-electron chi connectivity index (χ0n) is 15.2. The number of nitrogens with one attached hydrogen (secondary N) is 2. The molecule has 0 radical (unpaired) electrons. The molecule has 0 aromatic heterocycles. The molecule has 2 N–H and O–H groups in total. The normalized spacial score (nSPS) is 9.93. The highest BCUT2D eigenvalue weighted by molar-refractivity contribution is 6.30. The van der Waals surface area contributed by atoms with Crippen molar-refractivity contribution in [3.8, 4) is 11.8 Å². The molecule has 0 bridgehead atoms. The number of benzene rings is 3. The fraction of sp³-hybridized carbons (Fsp3) is 0.0455. The largest absolute Gasteiger partial charge is 0.489 e. The number of amides is 2. The zero-order chi connectivity index (χ0) is 20.6. The first-order valence-electron chi connectivity index (χ1n) is 8.63. The van der Waals surface area contributed by atoms with Crippen molar-refractivity contribution in [1.82, 2.24) is 10.9 Å². The van der Waals surface area contributed by atoms with Crippen LogP contribution >= 0.6 is 11.6 Å². The third-order valence-corrected chi connectivity index (χ3v) is 4.25.